The summed E-state index contributed by atoms with van der Waals surface area (Å²) in [5.74, 6) is 0.825. The first-order chi connectivity index (χ1) is 8.35. The van der Waals surface area contributed by atoms with Gasteiger partial charge in [-0.3, -0.25) is 0 Å². The molecule has 1 saturated carbocycles. The molecule has 0 amide bonds. The van der Waals surface area contributed by atoms with Crippen LogP contribution in [0.25, 0.3) is 0 Å². The minimum absolute atomic E-state index is 0.408. The van der Waals surface area contributed by atoms with E-state index in [0.29, 0.717) is 11.5 Å². The number of nitrogens with one attached hydrogen (secondary N) is 1. The van der Waals surface area contributed by atoms with Crippen LogP contribution in [0.5, 0.6) is 0 Å². The molecule has 17 heavy (non-hydrogen) atoms. The molecular weight excluding hydrogens is 234 g/mol. The summed E-state index contributed by atoms with van der Waals surface area (Å²) in [5, 5.41) is 3.60. The van der Waals surface area contributed by atoms with Crippen molar-refractivity contribution in [2.24, 2.45) is 5.41 Å². The first kappa shape index (κ1) is 13.6. The van der Waals surface area contributed by atoms with Crippen LogP contribution in [-0.2, 0) is 4.74 Å². The summed E-state index contributed by atoms with van der Waals surface area (Å²) in [6.07, 6.45) is 10.9. The Balaban J connectivity index is 1.53. The second-order valence-corrected chi connectivity index (χ2v) is 6.06. The molecule has 0 radical (unpaired) electrons. The number of hydrogen-bond donors (Lipinski definition) is 1. The Morgan fingerprint density at radius 3 is 2.71 bits per heavy atom. The van der Waals surface area contributed by atoms with E-state index in [1.54, 1.807) is 0 Å². The topological polar surface area (TPSA) is 21.3 Å². The van der Waals surface area contributed by atoms with Gasteiger partial charge >= 0.3 is 0 Å². The fraction of sp³-hybridized carbons (Fsp3) is 1.00. The van der Waals surface area contributed by atoms with Crippen LogP contribution in [0, 0.1) is 5.41 Å². The molecule has 1 unspecified atom stereocenters. The Morgan fingerprint density at radius 1 is 1.24 bits per heavy atom. The second kappa shape index (κ2) is 6.96. The molecule has 2 fully saturated rings. The molecule has 1 heterocycles. The molecule has 100 valence electrons. The number of hydrogen-bond acceptors (Lipinski definition) is 2. The normalized spacial score (nSPS) is 27.7. The molecule has 2 aliphatic rings. The van der Waals surface area contributed by atoms with Gasteiger partial charge in [-0.1, -0.05) is 12.8 Å². The van der Waals surface area contributed by atoms with Gasteiger partial charge in [-0.05, 0) is 50.5 Å². The van der Waals surface area contributed by atoms with Crippen molar-refractivity contribution in [3.63, 3.8) is 0 Å². The van der Waals surface area contributed by atoms with Crippen LogP contribution in [0.2, 0.25) is 0 Å². The molecule has 0 spiro atoms. The van der Waals surface area contributed by atoms with Gasteiger partial charge < -0.3 is 10.1 Å². The first-order valence-electron chi connectivity index (χ1n) is 7.23. The maximum absolute atomic E-state index is 6.12. The van der Waals surface area contributed by atoms with E-state index in [0.717, 1.165) is 25.6 Å². The Labute approximate surface area is 110 Å². The first-order valence-corrected chi connectivity index (χ1v) is 7.76. The molecule has 0 aromatic carbocycles. The van der Waals surface area contributed by atoms with Gasteiger partial charge in [0.25, 0.3) is 0 Å². The van der Waals surface area contributed by atoms with Crippen LogP contribution in [0.3, 0.4) is 0 Å². The van der Waals surface area contributed by atoms with Crippen LogP contribution in [0.15, 0.2) is 0 Å². The highest BCUT2D eigenvalue weighted by Gasteiger charge is 2.32. The predicted octanol–water partition coefficient (Wildman–Crippen LogP) is 3.33. The zero-order valence-electron chi connectivity index (χ0n) is 10.8. The lowest BCUT2D eigenvalue weighted by atomic mass is 9.88. The summed E-state index contributed by atoms with van der Waals surface area (Å²) in [6, 6.07) is 0. The van der Waals surface area contributed by atoms with Crippen molar-refractivity contribution in [3.8, 4) is 0 Å². The summed E-state index contributed by atoms with van der Waals surface area (Å²) < 4.78 is 5.63. The van der Waals surface area contributed by atoms with Crippen molar-refractivity contribution >= 4 is 11.6 Å². The molecule has 1 atom stereocenters. The van der Waals surface area contributed by atoms with Gasteiger partial charge in [0, 0.05) is 19.0 Å². The highest BCUT2D eigenvalue weighted by molar-refractivity contribution is 6.18. The SMILES string of the molecule is ClCC1(CNCCCC2CCCO2)CCCC1. The van der Waals surface area contributed by atoms with Crippen LogP contribution >= 0.6 is 11.6 Å². The van der Waals surface area contributed by atoms with Gasteiger partial charge in [0.1, 0.15) is 0 Å². The number of halogens is 1. The lowest BCUT2D eigenvalue weighted by Crippen LogP contribution is -2.34. The molecule has 2 nitrogen and oxygen atoms in total. The second-order valence-electron chi connectivity index (χ2n) is 5.79. The summed E-state index contributed by atoms with van der Waals surface area (Å²) in [4.78, 5) is 0. The molecule has 0 aromatic heterocycles. The number of ether oxygens (including phenoxy) is 1. The third-order valence-electron chi connectivity index (χ3n) is 4.35. The zero-order valence-corrected chi connectivity index (χ0v) is 11.6. The fourth-order valence-electron chi connectivity index (χ4n) is 3.16. The van der Waals surface area contributed by atoms with Crippen LogP contribution < -0.4 is 5.32 Å². The van der Waals surface area contributed by atoms with Gasteiger partial charge in [0.15, 0.2) is 0 Å². The highest BCUT2D eigenvalue weighted by atomic mass is 35.5. The molecule has 1 saturated heterocycles. The molecule has 0 aromatic rings. The summed E-state index contributed by atoms with van der Waals surface area (Å²) in [5.41, 5.74) is 0.408. The molecule has 1 aliphatic heterocycles. The average Bonchev–Trinajstić information content (AvgIpc) is 3.00. The van der Waals surface area contributed by atoms with Crippen molar-refractivity contribution in [1.29, 1.82) is 0 Å². The van der Waals surface area contributed by atoms with Gasteiger partial charge in [-0.2, -0.15) is 0 Å². The molecular formula is C14H26ClNO. The monoisotopic (exact) mass is 259 g/mol. The maximum Gasteiger partial charge on any atom is 0.0576 e. The van der Waals surface area contributed by atoms with Gasteiger partial charge in [-0.25, -0.2) is 0 Å². The zero-order chi connectivity index (χ0) is 12.0. The summed E-state index contributed by atoms with van der Waals surface area (Å²) in [6.45, 7) is 3.22. The Hall–Kier alpha value is 0.210. The van der Waals surface area contributed by atoms with Crippen molar-refractivity contribution in [2.45, 2.75) is 57.5 Å². The molecule has 3 heteroatoms. The largest absolute Gasteiger partial charge is 0.378 e. The summed E-state index contributed by atoms with van der Waals surface area (Å²) in [7, 11) is 0. The van der Waals surface area contributed by atoms with E-state index in [1.807, 2.05) is 0 Å². The third-order valence-corrected chi connectivity index (χ3v) is 4.92. The molecule has 2 rings (SSSR count). The lowest BCUT2D eigenvalue weighted by molar-refractivity contribution is 0.102. The fourth-order valence-corrected chi connectivity index (χ4v) is 3.52. The summed E-state index contributed by atoms with van der Waals surface area (Å²) >= 11 is 6.12. The van der Waals surface area contributed by atoms with Crippen molar-refractivity contribution in [1.82, 2.24) is 5.32 Å². The quantitative estimate of drug-likeness (QED) is 0.559. The average molecular weight is 260 g/mol. The van der Waals surface area contributed by atoms with E-state index in [-0.39, 0.29) is 0 Å². The van der Waals surface area contributed by atoms with E-state index in [2.05, 4.69) is 5.32 Å². The van der Waals surface area contributed by atoms with Crippen LogP contribution in [0.4, 0.5) is 0 Å². The van der Waals surface area contributed by atoms with Gasteiger partial charge in [0.05, 0.1) is 6.10 Å². The molecule has 0 bridgehead atoms. The minimum atomic E-state index is 0.408. The third kappa shape index (κ3) is 4.11. The Kier molecular flexibility index (Phi) is 5.58. The van der Waals surface area contributed by atoms with E-state index in [4.69, 9.17) is 16.3 Å². The lowest BCUT2D eigenvalue weighted by Gasteiger charge is -2.26. The maximum atomic E-state index is 6.12. The van der Waals surface area contributed by atoms with E-state index in [9.17, 15) is 0 Å². The smallest absolute Gasteiger partial charge is 0.0576 e. The Morgan fingerprint density at radius 2 is 2.06 bits per heavy atom. The molecule has 1 N–H and O–H groups in total. The van der Waals surface area contributed by atoms with Crippen LogP contribution in [0.1, 0.15) is 51.4 Å². The van der Waals surface area contributed by atoms with Crippen molar-refractivity contribution in [2.75, 3.05) is 25.6 Å². The standard InChI is InChI=1S/C14H26ClNO/c15-11-14(7-1-2-8-14)12-16-9-3-5-13-6-4-10-17-13/h13,16H,1-12H2. The van der Waals surface area contributed by atoms with E-state index < -0.39 is 0 Å². The van der Waals surface area contributed by atoms with Crippen LogP contribution in [-0.4, -0.2) is 31.7 Å². The van der Waals surface area contributed by atoms with Gasteiger partial charge in [-0.15, -0.1) is 11.6 Å². The minimum Gasteiger partial charge on any atom is -0.378 e. The Bertz CT molecular complexity index is 210. The van der Waals surface area contributed by atoms with Gasteiger partial charge in [0.2, 0.25) is 0 Å². The highest BCUT2D eigenvalue weighted by Crippen LogP contribution is 2.38. The molecule has 1 aliphatic carbocycles. The predicted molar refractivity (Wildman–Crippen MR) is 72.7 cm³/mol. The number of rotatable bonds is 7. The van der Waals surface area contributed by atoms with Crippen molar-refractivity contribution < 1.29 is 4.74 Å². The van der Waals surface area contributed by atoms with E-state index in [1.165, 1.54) is 51.4 Å². The number of alkyl halides is 1. The van der Waals surface area contributed by atoms with E-state index >= 15 is 0 Å². The van der Waals surface area contributed by atoms with Crippen molar-refractivity contribution in [3.05, 3.63) is 0 Å².